The summed E-state index contributed by atoms with van der Waals surface area (Å²) in [5.74, 6) is 0.920. The Hall–Kier alpha value is -0.590. The zero-order chi connectivity index (χ0) is 10.8. The first kappa shape index (κ1) is 10.9. The molecule has 0 spiro atoms. The number of nitrogens with zero attached hydrogens (tertiary/aromatic N) is 2. The van der Waals surface area contributed by atoms with Crippen molar-refractivity contribution in [3.8, 4) is 6.07 Å². The highest BCUT2D eigenvalue weighted by atomic mass is 16.3. The van der Waals surface area contributed by atoms with Crippen LogP contribution < -0.4 is 0 Å². The second-order valence-electron chi connectivity index (χ2n) is 5.16. The van der Waals surface area contributed by atoms with Crippen molar-refractivity contribution in [2.24, 2.45) is 11.8 Å². The molecular formula is C12H20N2O. The average molecular weight is 208 g/mol. The molecule has 0 amide bonds. The van der Waals surface area contributed by atoms with E-state index in [1.54, 1.807) is 0 Å². The van der Waals surface area contributed by atoms with Gasteiger partial charge in [0, 0.05) is 19.1 Å². The average Bonchev–Trinajstić information content (AvgIpc) is 2.65. The third-order valence-corrected chi connectivity index (χ3v) is 3.91. The predicted molar refractivity (Wildman–Crippen MR) is 58.1 cm³/mol. The summed E-state index contributed by atoms with van der Waals surface area (Å²) in [4.78, 5) is 2.33. The molecule has 3 heteroatoms. The van der Waals surface area contributed by atoms with Gasteiger partial charge in [0.2, 0.25) is 0 Å². The molecule has 0 aromatic rings. The van der Waals surface area contributed by atoms with E-state index in [2.05, 4.69) is 17.9 Å². The normalized spacial score (nSPS) is 42.7. The molecule has 3 nitrogen and oxygen atoms in total. The van der Waals surface area contributed by atoms with Gasteiger partial charge >= 0.3 is 0 Å². The molecule has 15 heavy (non-hydrogen) atoms. The Morgan fingerprint density at radius 2 is 2.13 bits per heavy atom. The summed E-state index contributed by atoms with van der Waals surface area (Å²) in [6.45, 7) is 4.01. The van der Waals surface area contributed by atoms with Crippen molar-refractivity contribution >= 4 is 0 Å². The molecule has 1 aliphatic heterocycles. The van der Waals surface area contributed by atoms with E-state index in [4.69, 9.17) is 5.26 Å². The number of β-amino-alcohol motifs (C(OH)–C–C–N with tert-alkyl or cyclic N) is 1. The van der Waals surface area contributed by atoms with Crippen LogP contribution in [0.25, 0.3) is 0 Å². The van der Waals surface area contributed by atoms with Crippen molar-refractivity contribution < 1.29 is 5.11 Å². The van der Waals surface area contributed by atoms with Gasteiger partial charge in [0.15, 0.2) is 0 Å². The summed E-state index contributed by atoms with van der Waals surface area (Å²) in [5.41, 5.74) is 0. The summed E-state index contributed by atoms with van der Waals surface area (Å²) < 4.78 is 0. The third-order valence-electron chi connectivity index (χ3n) is 3.91. The topological polar surface area (TPSA) is 47.3 Å². The lowest BCUT2D eigenvalue weighted by atomic mass is 9.79. The Morgan fingerprint density at radius 1 is 1.33 bits per heavy atom. The molecule has 4 atom stereocenters. The SMILES string of the molecule is CC1CCC(C#N)C(N2CCC(O)C2)C1. The van der Waals surface area contributed by atoms with E-state index in [0.29, 0.717) is 6.04 Å². The van der Waals surface area contributed by atoms with Gasteiger partial charge in [0.25, 0.3) is 0 Å². The number of likely N-dealkylation sites (tertiary alicyclic amines) is 1. The van der Waals surface area contributed by atoms with Crippen LogP contribution in [-0.4, -0.2) is 35.2 Å². The Balaban J connectivity index is 2.01. The molecule has 0 bridgehead atoms. The minimum absolute atomic E-state index is 0.165. The van der Waals surface area contributed by atoms with Gasteiger partial charge in [-0.05, 0) is 31.6 Å². The Labute approximate surface area is 91.7 Å². The number of hydrogen-bond acceptors (Lipinski definition) is 3. The van der Waals surface area contributed by atoms with E-state index in [-0.39, 0.29) is 12.0 Å². The van der Waals surface area contributed by atoms with Crippen LogP contribution >= 0.6 is 0 Å². The van der Waals surface area contributed by atoms with Crippen molar-refractivity contribution in [2.45, 2.75) is 44.8 Å². The zero-order valence-electron chi connectivity index (χ0n) is 9.39. The third kappa shape index (κ3) is 2.32. The first-order valence-electron chi connectivity index (χ1n) is 6.02. The highest BCUT2D eigenvalue weighted by Gasteiger charge is 2.35. The molecule has 84 valence electrons. The van der Waals surface area contributed by atoms with E-state index in [1.165, 1.54) is 6.42 Å². The van der Waals surface area contributed by atoms with Gasteiger partial charge in [-0.1, -0.05) is 6.92 Å². The van der Waals surface area contributed by atoms with Gasteiger partial charge in [-0.3, -0.25) is 4.90 Å². The molecule has 1 heterocycles. The first-order valence-corrected chi connectivity index (χ1v) is 6.02. The number of aliphatic hydroxyl groups is 1. The van der Waals surface area contributed by atoms with Crippen LogP contribution in [0.3, 0.4) is 0 Å². The van der Waals surface area contributed by atoms with Crippen LogP contribution in [-0.2, 0) is 0 Å². The fourth-order valence-electron chi connectivity index (χ4n) is 2.97. The maximum absolute atomic E-state index is 9.53. The molecule has 2 aliphatic rings. The fraction of sp³-hybridized carbons (Fsp3) is 0.917. The summed E-state index contributed by atoms with van der Waals surface area (Å²) in [5, 5.41) is 18.7. The van der Waals surface area contributed by atoms with E-state index in [9.17, 15) is 5.11 Å². The fourth-order valence-corrected chi connectivity index (χ4v) is 2.97. The highest BCUT2D eigenvalue weighted by molar-refractivity contribution is 4.98. The van der Waals surface area contributed by atoms with Crippen LogP contribution in [0.1, 0.15) is 32.6 Å². The highest BCUT2D eigenvalue weighted by Crippen LogP contribution is 2.33. The largest absolute Gasteiger partial charge is 0.392 e. The van der Waals surface area contributed by atoms with Gasteiger partial charge in [0.1, 0.15) is 0 Å². The Bertz CT molecular complexity index is 261. The van der Waals surface area contributed by atoms with Gasteiger partial charge in [-0.25, -0.2) is 0 Å². The summed E-state index contributed by atoms with van der Waals surface area (Å²) in [6.07, 6.45) is 4.06. The minimum atomic E-state index is -0.165. The number of rotatable bonds is 1. The lowest BCUT2D eigenvalue weighted by Crippen LogP contribution is -2.42. The maximum atomic E-state index is 9.53. The van der Waals surface area contributed by atoms with E-state index in [0.717, 1.165) is 38.3 Å². The quantitative estimate of drug-likeness (QED) is 0.708. The van der Waals surface area contributed by atoms with Gasteiger partial charge < -0.3 is 5.11 Å². The minimum Gasteiger partial charge on any atom is -0.392 e. The molecule has 1 saturated heterocycles. The molecule has 0 aromatic heterocycles. The van der Waals surface area contributed by atoms with Crippen molar-refractivity contribution in [1.29, 1.82) is 5.26 Å². The van der Waals surface area contributed by atoms with Crippen LogP contribution in [0.4, 0.5) is 0 Å². The Kier molecular flexibility index (Phi) is 3.28. The molecule has 1 aliphatic carbocycles. The van der Waals surface area contributed by atoms with E-state index < -0.39 is 0 Å². The van der Waals surface area contributed by atoms with Gasteiger partial charge in [-0.15, -0.1) is 0 Å². The maximum Gasteiger partial charge on any atom is 0.0679 e. The van der Waals surface area contributed by atoms with Gasteiger partial charge in [-0.2, -0.15) is 5.26 Å². The molecule has 2 rings (SSSR count). The van der Waals surface area contributed by atoms with Crippen LogP contribution in [0, 0.1) is 23.2 Å². The molecular weight excluding hydrogens is 188 g/mol. The van der Waals surface area contributed by atoms with Gasteiger partial charge in [0.05, 0.1) is 18.1 Å². The number of aliphatic hydroxyl groups excluding tert-OH is 1. The van der Waals surface area contributed by atoms with E-state index >= 15 is 0 Å². The van der Waals surface area contributed by atoms with Crippen LogP contribution in [0.5, 0.6) is 0 Å². The van der Waals surface area contributed by atoms with Crippen molar-refractivity contribution in [3.63, 3.8) is 0 Å². The summed E-state index contributed by atoms with van der Waals surface area (Å²) >= 11 is 0. The van der Waals surface area contributed by atoms with Crippen LogP contribution in [0.2, 0.25) is 0 Å². The molecule has 0 radical (unpaired) electrons. The summed E-state index contributed by atoms with van der Waals surface area (Å²) in [6, 6.07) is 2.84. The van der Waals surface area contributed by atoms with Crippen LogP contribution in [0.15, 0.2) is 0 Å². The Morgan fingerprint density at radius 3 is 2.73 bits per heavy atom. The second-order valence-corrected chi connectivity index (χ2v) is 5.16. The van der Waals surface area contributed by atoms with E-state index in [1.807, 2.05) is 0 Å². The lowest BCUT2D eigenvalue weighted by molar-refractivity contribution is 0.107. The number of nitriles is 1. The smallest absolute Gasteiger partial charge is 0.0679 e. The zero-order valence-corrected chi connectivity index (χ0v) is 9.39. The van der Waals surface area contributed by atoms with Crippen molar-refractivity contribution in [3.05, 3.63) is 0 Å². The lowest BCUT2D eigenvalue weighted by Gasteiger charge is -2.37. The number of hydrogen-bond donors (Lipinski definition) is 1. The molecule has 2 fully saturated rings. The molecule has 0 aromatic carbocycles. The van der Waals surface area contributed by atoms with Crippen molar-refractivity contribution in [1.82, 2.24) is 4.90 Å². The predicted octanol–water partition coefficient (Wildman–Crippen LogP) is 1.38. The second kappa shape index (κ2) is 4.51. The standard InChI is InChI=1S/C12H20N2O/c1-9-2-3-10(7-13)12(6-9)14-5-4-11(15)8-14/h9-12,15H,2-6,8H2,1H3. The first-order chi connectivity index (χ1) is 7.20. The molecule has 1 saturated carbocycles. The molecule has 1 N–H and O–H groups in total. The molecule has 4 unspecified atom stereocenters. The van der Waals surface area contributed by atoms with Crippen molar-refractivity contribution in [2.75, 3.05) is 13.1 Å². The summed E-state index contributed by atoms with van der Waals surface area (Å²) in [7, 11) is 0. The monoisotopic (exact) mass is 208 g/mol.